The molecule has 0 amide bonds. The number of carbonyl (C=O) groups is 1. The van der Waals surface area contributed by atoms with E-state index in [1.165, 1.54) is 22.1 Å². The van der Waals surface area contributed by atoms with E-state index >= 15 is 0 Å². The van der Waals surface area contributed by atoms with E-state index in [1.807, 2.05) is 73.7 Å². The van der Waals surface area contributed by atoms with Crippen molar-refractivity contribution in [3.05, 3.63) is 144 Å². The summed E-state index contributed by atoms with van der Waals surface area (Å²) < 4.78 is 13.6. The van der Waals surface area contributed by atoms with Crippen molar-refractivity contribution in [3.8, 4) is 5.75 Å². The van der Waals surface area contributed by atoms with E-state index in [9.17, 15) is 9.59 Å². The Morgan fingerprint density at radius 3 is 2.43 bits per heavy atom. The lowest BCUT2D eigenvalue weighted by molar-refractivity contribution is -0.139. The van der Waals surface area contributed by atoms with Crippen molar-refractivity contribution in [1.82, 2.24) is 4.57 Å². The van der Waals surface area contributed by atoms with Crippen LogP contribution in [0.2, 0.25) is 0 Å². The van der Waals surface area contributed by atoms with Crippen LogP contribution < -0.4 is 19.6 Å². The predicted octanol–water partition coefficient (Wildman–Crippen LogP) is 5.84. The summed E-state index contributed by atoms with van der Waals surface area (Å²) in [4.78, 5) is 32.1. The quantitative estimate of drug-likeness (QED) is 0.229. The zero-order valence-corrected chi connectivity index (χ0v) is 24.5. The molecule has 1 aliphatic heterocycles. The average Bonchev–Trinajstić information content (AvgIpc) is 3.30. The standard InChI is InChI=1S/C35H30N2O4S/c1-4-40-34(39)31-23(3)36-35-37(32(31)27-14-9-22(2)10-15-27)33(38)30(42-35)20-24-12-17-29(18-13-24)41-21-25-11-16-26-7-5-6-8-28(26)19-25/h5-20,32H,4,21H2,1-3H3/b30-20+/t32-/m1/s1. The first kappa shape index (κ1) is 27.4. The minimum absolute atomic E-state index is 0.199. The summed E-state index contributed by atoms with van der Waals surface area (Å²) in [5.74, 6) is 0.286. The molecule has 1 aromatic heterocycles. The fourth-order valence-corrected chi connectivity index (χ4v) is 6.21. The van der Waals surface area contributed by atoms with Gasteiger partial charge in [-0.15, -0.1) is 0 Å². The number of rotatable bonds is 7. The number of fused-ring (bicyclic) bond motifs is 2. The van der Waals surface area contributed by atoms with E-state index in [0.717, 1.165) is 28.0 Å². The Balaban J connectivity index is 1.29. The van der Waals surface area contributed by atoms with E-state index < -0.39 is 12.0 Å². The van der Waals surface area contributed by atoms with Gasteiger partial charge in [0.15, 0.2) is 4.80 Å². The van der Waals surface area contributed by atoms with E-state index in [1.54, 1.807) is 18.4 Å². The lowest BCUT2D eigenvalue weighted by Gasteiger charge is -2.24. The van der Waals surface area contributed by atoms with Crippen molar-refractivity contribution in [3.63, 3.8) is 0 Å². The molecule has 0 fully saturated rings. The highest BCUT2D eigenvalue weighted by molar-refractivity contribution is 7.07. The van der Waals surface area contributed by atoms with Gasteiger partial charge < -0.3 is 9.47 Å². The molecule has 6 rings (SSSR count). The number of carbonyl (C=O) groups excluding carboxylic acids is 1. The minimum atomic E-state index is -0.617. The molecule has 42 heavy (non-hydrogen) atoms. The summed E-state index contributed by atoms with van der Waals surface area (Å²) in [6.07, 6.45) is 1.85. The predicted molar refractivity (Wildman–Crippen MR) is 166 cm³/mol. The molecule has 0 N–H and O–H groups in total. The molecule has 210 valence electrons. The second-order valence-electron chi connectivity index (χ2n) is 10.3. The number of allylic oxidation sites excluding steroid dienone is 1. The van der Waals surface area contributed by atoms with Gasteiger partial charge in [0.1, 0.15) is 12.4 Å². The zero-order valence-electron chi connectivity index (χ0n) is 23.7. The molecule has 1 atom stereocenters. The fourth-order valence-electron chi connectivity index (χ4n) is 5.16. The Labute approximate surface area is 247 Å². The monoisotopic (exact) mass is 574 g/mol. The van der Waals surface area contributed by atoms with E-state index in [0.29, 0.717) is 27.2 Å². The van der Waals surface area contributed by atoms with Crippen LogP contribution in [0, 0.1) is 6.92 Å². The molecular formula is C35H30N2O4S. The van der Waals surface area contributed by atoms with Crippen molar-refractivity contribution in [1.29, 1.82) is 0 Å². The molecule has 0 bridgehead atoms. The number of ether oxygens (including phenoxy) is 2. The van der Waals surface area contributed by atoms with Gasteiger partial charge in [-0.25, -0.2) is 9.79 Å². The van der Waals surface area contributed by atoms with Crippen molar-refractivity contribution in [2.75, 3.05) is 6.61 Å². The van der Waals surface area contributed by atoms with Gasteiger partial charge in [-0.2, -0.15) is 0 Å². The molecular weight excluding hydrogens is 544 g/mol. The Kier molecular flexibility index (Phi) is 7.59. The lowest BCUT2D eigenvalue weighted by Crippen LogP contribution is -2.39. The molecule has 0 saturated heterocycles. The molecule has 7 heteroatoms. The van der Waals surface area contributed by atoms with Crippen LogP contribution in [0.5, 0.6) is 5.75 Å². The highest BCUT2D eigenvalue weighted by atomic mass is 32.1. The van der Waals surface area contributed by atoms with E-state index in [2.05, 4.69) is 35.3 Å². The highest BCUT2D eigenvalue weighted by Gasteiger charge is 2.33. The number of nitrogens with zero attached hydrogens (tertiary/aromatic N) is 2. The van der Waals surface area contributed by atoms with E-state index in [-0.39, 0.29) is 12.2 Å². The van der Waals surface area contributed by atoms with Crippen LogP contribution in [0.4, 0.5) is 0 Å². The molecule has 4 aromatic carbocycles. The number of esters is 1. The van der Waals surface area contributed by atoms with E-state index in [4.69, 9.17) is 9.47 Å². The molecule has 6 nitrogen and oxygen atoms in total. The topological polar surface area (TPSA) is 69.9 Å². The summed E-state index contributed by atoms with van der Waals surface area (Å²) in [5, 5.41) is 2.39. The van der Waals surface area contributed by atoms with Crippen LogP contribution >= 0.6 is 11.3 Å². The van der Waals surface area contributed by atoms with Gasteiger partial charge in [0.2, 0.25) is 0 Å². The zero-order chi connectivity index (χ0) is 29.2. The first-order valence-corrected chi connectivity index (χ1v) is 14.7. The average molecular weight is 575 g/mol. The van der Waals surface area contributed by atoms with Gasteiger partial charge in [0.25, 0.3) is 5.56 Å². The maximum atomic E-state index is 13.8. The van der Waals surface area contributed by atoms with Crippen LogP contribution in [0.1, 0.15) is 42.1 Å². The summed E-state index contributed by atoms with van der Waals surface area (Å²) in [7, 11) is 0. The van der Waals surface area contributed by atoms with Gasteiger partial charge in [0, 0.05) is 0 Å². The van der Waals surface area contributed by atoms with Gasteiger partial charge >= 0.3 is 5.97 Å². The number of thiazole rings is 1. The Bertz CT molecular complexity index is 2000. The molecule has 2 heterocycles. The van der Waals surface area contributed by atoms with Crippen molar-refractivity contribution >= 4 is 34.2 Å². The third-order valence-corrected chi connectivity index (χ3v) is 8.29. The molecule has 5 aromatic rings. The third-order valence-electron chi connectivity index (χ3n) is 7.31. The summed E-state index contributed by atoms with van der Waals surface area (Å²) in [5.41, 5.74) is 4.63. The number of aromatic nitrogens is 1. The van der Waals surface area contributed by atoms with Crippen LogP contribution in [-0.4, -0.2) is 17.1 Å². The van der Waals surface area contributed by atoms with Gasteiger partial charge in [-0.1, -0.05) is 89.7 Å². The first-order chi connectivity index (χ1) is 20.4. The minimum Gasteiger partial charge on any atom is -0.489 e. The Morgan fingerprint density at radius 1 is 0.952 bits per heavy atom. The molecule has 1 aliphatic rings. The molecule has 0 spiro atoms. The summed E-state index contributed by atoms with van der Waals surface area (Å²) in [6, 6.07) is 29.5. The number of hydrogen-bond acceptors (Lipinski definition) is 6. The second kappa shape index (κ2) is 11.6. The summed E-state index contributed by atoms with van der Waals surface area (Å²) >= 11 is 1.31. The largest absolute Gasteiger partial charge is 0.489 e. The van der Waals surface area contributed by atoms with Crippen LogP contribution in [-0.2, 0) is 16.1 Å². The van der Waals surface area contributed by atoms with Gasteiger partial charge in [-0.3, -0.25) is 9.36 Å². The number of benzene rings is 4. The van der Waals surface area contributed by atoms with Crippen molar-refractivity contribution in [2.45, 2.75) is 33.4 Å². The number of hydrogen-bond donors (Lipinski definition) is 0. The van der Waals surface area contributed by atoms with Gasteiger partial charge in [-0.05, 0) is 72.5 Å². The third kappa shape index (κ3) is 5.43. The fraction of sp³-hybridized carbons (Fsp3) is 0.171. The Hall–Kier alpha value is -4.75. The number of aryl methyl sites for hydroxylation is 1. The SMILES string of the molecule is CCOC(=O)C1=C(C)N=c2s/c(=C/c3ccc(OCc4ccc5ccccc5c4)cc3)c(=O)n2[C@@H]1c1ccc(C)cc1. The molecule has 0 saturated carbocycles. The normalized spacial score (nSPS) is 14.9. The van der Waals surface area contributed by atoms with Crippen LogP contribution in [0.25, 0.3) is 16.8 Å². The van der Waals surface area contributed by atoms with Crippen LogP contribution in [0.3, 0.4) is 0 Å². The summed E-state index contributed by atoms with van der Waals surface area (Å²) in [6.45, 7) is 6.26. The van der Waals surface area contributed by atoms with Crippen LogP contribution in [0.15, 0.2) is 112 Å². The highest BCUT2D eigenvalue weighted by Crippen LogP contribution is 2.31. The Morgan fingerprint density at radius 2 is 1.69 bits per heavy atom. The maximum absolute atomic E-state index is 13.8. The molecule has 0 aliphatic carbocycles. The maximum Gasteiger partial charge on any atom is 0.338 e. The molecule has 0 radical (unpaired) electrons. The van der Waals surface area contributed by atoms with Crippen molar-refractivity contribution in [2.24, 2.45) is 4.99 Å². The van der Waals surface area contributed by atoms with Gasteiger partial charge in [0.05, 0.1) is 28.5 Å². The lowest BCUT2D eigenvalue weighted by atomic mass is 9.95. The second-order valence-corrected chi connectivity index (χ2v) is 11.3. The molecule has 0 unspecified atom stereocenters. The smallest absolute Gasteiger partial charge is 0.338 e. The first-order valence-electron chi connectivity index (χ1n) is 13.9. The van der Waals surface area contributed by atoms with Crippen molar-refractivity contribution < 1.29 is 14.3 Å².